The van der Waals surface area contributed by atoms with E-state index in [4.69, 9.17) is 11.6 Å². The normalized spacial score (nSPS) is 10.8. The Labute approximate surface area is 83.8 Å². The maximum absolute atomic E-state index is 5.95. The molecule has 0 atom stereocenters. The molecule has 1 aromatic carbocycles. The highest BCUT2D eigenvalue weighted by Crippen LogP contribution is 2.15. The molecule has 1 rings (SSSR count). The van der Waals surface area contributed by atoms with Crippen molar-refractivity contribution in [2.75, 3.05) is 14.1 Å². The third-order valence-electron chi connectivity index (χ3n) is 1.63. The van der Waals surface area contributed by atoms with E-state index in [1.165, 1.54) is 0 Å². The standard InChI is InChI=1S/C10H13ClN2/c1-8-4-5-9(6-10(8)11)7-12-13(2)3/h4-7H,1-3H3/b12-7+. The summed E-state index contributed by atoms with van der Waals surface area (Å²) in [6.45, 7) is 1.98. The van der Waals surface area contributed by atoms with Crippen molar-refractivity contribution < 1.29 is 0 Å². The van der Waals surface area contributed by atoms with Gasteiger partial charge in [0.15, 0.2) is 0 Å². The van der Waals surface area contributed by atoms with Gasteiger partial charge in [-0.2, -0.15) is 5.10 Å². The first-order valence-electron chi connectivity index (χ1n) is 4.07. The summed E-state index contributed by atoms with van der Waals surface area (Å²) in [5.41, 5.74) is 2.10. The van der Waals surface area contributed by atoms with Crippen LogP contribution in [0.25, 0.3) is 0 Å². The molecular weight excluding hydrogens is 184 g/mol. The molecular formula is C10H13ClN2. The van der Waals surface area contributed by atoms with Gasteiger partial charge in [-0.15, -0.1) is 0 Å². The maximum atomic E-state index is 5.95. The molecule has 0 unspecified atom stereocenters. The summed E-state index contributed by atoms with van der Waals surface area (Å²) >= 11 is 5.95. The molecule has 13 heavy (non-hydrogen) atoms. The van der Waals surface area contributed by atoms with Crippen LogP contribution < -0.4 is 0 Å². The molecule has 0 amide bonds. The van der Waals surface area contributed by atoms with Crippen LogP contribution in [0.5, 0.6) is 0 Å². The van der Waals surface area contributed by atoms with Gasteiger partial charge in [-0.1, -0.05) is 23.7 Å². The topological polar surface area (TPSA) is 15.6 Å². The number of hydrogen-bond acceptors (Lipinski definition) is 2. The van der Waals surface area contributed by atoms with Crippen LogP contribution in [-0.2, 0) is 0 Å². The Morgan fingerprint density at radius 1 is 1.38 bits per heavy atom. The van der Waals surface area contributed by atoms with Crippen molar-refractivity contribution >= 4 is 17.8 Å². The highest BCUT2D eigenvalue weighted by molar-refractivity contribution is 6.31. The zero-order chi connectivity index (χ0) is 9.84. The Bertz CT molecular complexity index is 319. The molecule has 0 aromatic heterocycles. The minimum Gasteiger partial charge on any atom is -0.303 e. The number of hydrazone groups is 1. The minimum absolute atomic E-state index is 0.780. The highest BCUT2D eigenvalue weighted by Gasteiger charge is 1.94. The molecule has 0 fully saturated rings. The molecule has 0 spiro atoms. The molecule has 1 aromatic rings. The number of halogens is 1. The van der Waals surface area contributed by atoms with Crippen LogP contribution in [0, 0.1) is 6.92 Å². The number of rotatable bonds is 2. The molecule has 0 aliphatic heterocycles. The summed E-state index contributed by atoms with van der Waals surface area (Å²) in [4.78, 5) is 0. The van der Waals surface area contributed by atoms with E-state index in [-0.39, 0.29) is 0 Å². The molecule has 2 nitrogen and oxygen atoms in total. The maximum Gasteiger partial charge on any atom is 0.0543 e. The second-order valence-corrected chi connectivity index (χ2v) is 3.51. The molecule has 0 aliphatic rings. The molecule has 0 radical (unpaired) electrons. The van der Waals surface area contributed by atoms with Gasteiger partial charge in [-0.3, -0.25) is 0 Å². The summed E-state index contributed by atoms with van der Waals surface area (Å²) in [5.74, 6) is 0. The molecule has 0 saturated heterocycles. The zero-order valence-corrected chi connectivity index (χ0v) is 8.84. The van der Waals surface area contributed by atoms with Crippen LogP contribution in [0.4, 0.5) is 0 Å². The summed E-state index contributed by atoms with van der Waals surface area (Å²) in [6, 6.07) is 5.89. The van der Waals surface area contributed by atoms with Gasteiger partial charge < -0.3 is 5.01 Å². The molecule has 0 heterocycles. The van der Waals surface area contributed by atoms with E-state index in [1.54, 1.807) is 11.2 Å². The van der Waals surface area contributed by atoms with Crippen LogP contribution >= 0.6 is 11.6 Å². The Balaban J connectivity index is 2.85. The number of benzene rings is 1. The average Bonchev–Trinajstić information content (AvgIpc) is 2.07. The van der Waals surface area contributed by atoms with Crippen LogP contribution in [0.15, 0.2) is 23.3 Å². The van der Waals surface area contributed by atoms with Crippen LogP contribution in [0.2, 0.25) is 5.02 Å². The highest BCUT2D eigenvalue weighted by atomic mass is 35.5. The van der Waals surface area contributed by atoms with E-state index < -0.39 is 0 Å². The lowest BCUT2D eigenvalue weighted by atomic mass is 10.2. The fraction of sp³-hybridized carbons (Fsp3) is 0.300. The third kappa shape index (κ3) is 3.07. The summed E-state index contributed by atoms with van der Waals surface area (Å²) in [7, 11) is 3.76. The van der Waals surface area contributed by atoms with Gasteiger partial charge >= 0.3 is 0 Å². The first kappa shape index (κ1) is 10.1. The van der Waals surface area contributed by atoms with Crippen molar-refractivity contribution in [1.29, 1.82) is 0 Å². The molecule has 0 bridgehead atoms. The van der Waals surface area contributed by atoms with E-state index >= 15 is 0 Å². The molecule has 3 heteroatoms. The van der Waals surface area contributed by atoms with Gasteiger partial charge in [-0.25, -0.2) is 0 Å². The van der Waals surface area contributed by atoms with E-state index in [0.29, 0.717) is 0 Å². The van der Waals surface area contributed by atoms with E-state index in [2.05, 4.69) is 5.10 Å². The van der Waals surface area contributed by atoms with Crippen LogP contribution in [0.3, 0.4) is 0 Å². The van der Waals surface area contributed by atoms with Gasteiger partial charge in [-0.05, 0) is 24.1 Å². The second kappa shape index (κ2) is 4.28. The predicted molar refractivity (Wildman–Crippen MR) is 57.5 cm³/mol. The van der Waals surface area contributed by atoms with Gasteiger partial charge in [0.2, 0.25) is 0 Å². The fourth-order valence-corrected chi connectivity index (χ4v) is 1.06. The van der Waals surface area contributed by atoms with E-state index in [1.807, 2.05) is 39.2 Å². The average molecular weight is 197 g/mol. The van der Waals surface area contributed by atoms with Crippen molar-refractivity contribution in [3.63, 3.8) is 0 Å². The largest absolute Gasteiger partial charge is 0.303 e. The van der Waals surface area contributed by atoms with Crippen molar-refractivity contribution in [3.05, 3.63) is 34.3 Å². The molecule has 0 saturated carbocycles. The van der Waals surface area contributed by atoms with E-state index in [0.717, 1.165) is 16.1 Å². The Morgan fingerprint density at radius 2 is 2.08 bits per heavy atom. The van der Waals surface area contributed by atoms with Crippen LogP contribution in [-0.4, -0.2) is 25.3 Å². The summed E-state index contributed by atoms with van der Waals surface area (Å²) < 4.78 is 0. The molecule has 0 aliphatic carbocycles. The predicted octanol–water partition coefficient (Wildman–Crippen LogP) is 2.54. The van der Waals surface area contributed by atoms with Crippen LogP contribution in [0.1, 0.15) is 11.1 Å². The zero-order valence-electron chi connectivity index (χ0n) is 8.08. The number of nitrogens with zero attached hydrogens (tertiary/aromatic N) is 2. The number of hydrogen-bond donors (Lipinski definition) is 0. The van der Waals surface area contributed by atoms with Crippen molar-refractivity contribution in [1.82, 2.24) is 5.01 Å². The quantitative estimate of drug-likeness (QED) is 0.525. The second-order valence-electron chi connectivity index (χ2n) is 3.10. The van der Waals surface area contributed by atoms with Crippen molar-refractivity contribution in [2.45, 2.75) is 6.92 Å². The first-order valence-corrected chi connectivity index (χ1v) is 4.45. The lowest BCUT2D eigenvalue weighted by molar-refractivity contribution is 0.440. The monoisotopic (exact) mass is 196 g/mol. The van der Waals surface area contributed by atoms with E-state index in [9.17, 15) is 0 Å². The summed E-state index contributed by atoms with van der Waals surface area (Å²) in [6.07, 6.45) is 1.78. The minimum atomic E-state index is 0.780. The van der Waals surface area contributed by atoms with Gasteiger partial charge in [0.25, 0.3) is 0 Å². The van der Waals surface area contributed by atoms with Gasteiger partial charge in [0.05, 0.1) is 6.21 Å². The lowest BCUT2D eigenvalue weighted by Crippen LogP contribution is -2.01. The Morgan fingerprint density at radius 3 is 2.62 bits per heavy atom. The van der Waals surface area contributed by atoms with Gasteiger partial charge in [0.1, 0.15) is 0 Å². The molecule has 0 N–H and O–H groups in total. The third-order valence-corrected chi connectivity index (χ3v) is 2.04. The Hall–Kier alpha value is -1.02. The summed E-state index contributed by atoms with van der Waals surface area (Å²) in [5, 5.41) is 6.64. The fourth-order valence-electron chi connectivity index (χ4n) is 0.872. The molecule has 70 valence electrons. The van der Waals surface area contributed by atoms with Gasteiger partial charge in [0, 0.05) is 19.1 Å². The number of aryl methyl sites for hydroxylation is 1. The Kier molecular flexibility index (Phi) is 3.32. The lowest BCUT2D eigenvalue weighted by Gasteiger charge is -2.03. The smallest absolute Gasteiger partial charge is 0.0543 e. The van der Waals surface area contributed by atoms with Crippen molar-refractivity contribution in [2.24, 2.45) is 5.10 Å². The first-order chi connectivity index (χ1) is 6.09. The SMILES string of the molecule is Cc1ccc(/C=N/N(C)C)cc1Cl. The van der Waals surface area contributed by atoms with Crippen molar-refractivity contribution in [3.8, 4) is 0 Å².